The van der Waals surface area contributed by atoms with E-state index >= 15 is 0 Å². The van der Waals surface area contributed by atoms with Crippen LogP contribution in [0.5, 0.6) is 0 Å². The van der Waals surface area contributed by atoms with E-state index in [1.807, 2.05) is 54.6 Å². The normalized spacial score (nSPS) is 11.8. The third-order valence-corrected chi connectivity index (χ3v) is 5.12. The summed E-state index contributed by atoms with van der Waals surface area (Å²) < 4.78 is 10.7. The van der Waals surface area contributed by atoms with E-state index < -0.39 is 18.0 Å². The van der Waals surface area contributed by atoms with E-state index in [1.165, 1.54) is 0 Å². The smallest absolute Gasteiger partial charge is 0.411 e. The molecule has 1 unspecified atom stereocenters. The molecule has 0 bridgehead atoms. The van der Waals surface area contributed by atoms with Crippen molar-refractivity contribution in [3.63, 3.8) is 0 Å². The number of carboxylic acid groups (broad SMARTS) is 1. The molecule has 6 nitrogen and oxygen atoms in total. The molecule has 31 heavy (non-hydrogen) atoms. The zero-order valence-electron chi connectivity index (χ0n) is 16.9. The highest BCUT2D eigenvalue weighted by molar-refractivity contribution is 5.94. The first kappa shape index (κ1) is 20.2. The second-order valence-electron chi connectivity index (χ2n) is 7.19. The van der Waals surface area contributed by atoms with Crippen LogP contribution in [0.2, 0.25) is 0 Å². The SMILES string of the molecule is CC(C(=O)O)c1cccc(NC(=O)OCc2ccc3occc3c2)c1-c1ccccc1. The van der Waals surface area contributed by atoms with Gasteiger partial charge in [-0.05, 0) is 47.9 Å². The Morgan fingerprint density at radius 1 is 1.03 bits per heavy atom. The Hall–Kier alpha value is -4.06. The summed E-state index contributed by atoms with van der Waals surface area (Å²) >= 11 is 0. The Morgan fingerprint density at radius 3 is 2.61 bits per heavy atom. The Labute approximate surface area is 179 Å². The fourth-order valence-corrected chi connectivity index (χ4v) is 3.50. The first-order valence-corrected chi connectivity index (χ1v) is 9.84. The highest BCUT2D eigenvalue weighted by atomic mass is 16.5. The van der Waals surface area contributed by atoms with Crippen molar-refractivity contribution < 1.29 is 23.8 Å². The van der Waals surface area contributed by atoms with Gasteiger partial charge in [0, 0.05) is 10.9 Å². The molecule has 3 aromatic carbocycles. The van der Waals surface area contributed by atoms with Gasteiger partial charge < -0.3 is 14.3 Å². The van der Waals surface area contributed by atoms with Crippen LogP contribution >= 0.6 is 0 Å². The number of nitrogens with one attached hydrogen (secondary N) is 1. The molecule has 0 saturated heterocycles. The summed E-state index contributed by atoms with van der Waals surface area (Å²) in [6.07, 6.45) is 0.989. The molecule has 0 radical (unpaired) electrons. The van der Waals surface area contributed by atoms with Crippen molar-refractivity contribution in [2.75, 3.05) is 5.32 Å². The standard InChI is InChI=1S/C25H21NO5/c1-16(24(27)28)20-8-5-9-21(23(20)18-6-3-2-4-7-18)26-25(29)31-15-17-10-11-22-19(14-17)12-13-30-22/h2-14,16H,15H2,1H3,(H,26,29)(H,27,28). The number of anilines is 1. The summed E-state index contributed by atoms with van der Waals surface area (Å²) in [5, 5.41) is 13.2. The Balaban J connectivity index is 1.57. The van der Waals surface area contributed by atoms with Crippen LogP contribution in [0.25, 0.3) is 22.1 Å². The monoisotopic (exact) mass is 415 g/mol. The summed E-state index contributed by atoms with van der Waals surface area (Å²) in [6, 6.07) is 22.0. The molecule has 0 aliphatic carbocycles. The second-order valence-corrected chi connectivity index (χ2v) is 7.19. The van der Waals surface area contributed by atoms with E-state index in [2.05, 4.69) is 5.32 Å². The maximum Gasteiger partial charge on any atom is 0.411 e. The molecule has 0 fully saturated rings. The molecular weight excluding hydrogens is 394 g/mol. The minimum absolute atomic E-state index is 0.0961. The lowest BCUT2D eigenvalue weighted by molar-refractivity contribution is -0.138. The molecule has 1 aromatic heterocycles. The number of carbonyl (C=O) groups is 2. The van der Waals surface area contributed by atoms with E-state index in [1.54, 1.807) is 31.4 Å². The topological polar surface area (TPSA) is 88.8 Å². The highest BCUT2D eigenvalue weighted by Crippen LogP contribution is 2.36. The third-order valence-electron chi connectivity index (χ3n) is 5.12. The number of ether oxygens (including phenoxy) is 1. The molecule has 0 aliphatic heterocycles. The van der Waals surface area contributed by atoms with Gasteiger partial charge in [0.2, 0.25) is 0 Å². The number of aliphatic carboxylic acids is 1. The van der Waals surface area contributed by atoms with Crippen LogP contribution in [0.1, 0.15) is 24.0 Å². The molecule has 0 aliphatic rings. The van der Waals surface area contributed by atoms with Crippen molar-refractivity contribution in [3.05, 3.63) is 90.2 Å². The minimum atomic E-state index is -0.938. The highest BCUT2D eigenvalue weighted by Gasteiger charge is 2.21. The molecule has 1 heterocycles. The summed E-state index contributed by atoms with van der Waals surface area (Å²) in [4.78, 5) is 24.2. The molecule has 0 spiro atoms. The van der Waals surface area contributed by atoms with Crippen molar-refractivity contribution in [2.24, 2.45) is 0 Å². The van der Waals surface area contributed by atoms with Gasteiger partial charge in [0.05, 0.1) is 17.9 Å². The maximum atomic E-state index is 12.5. The van der Waals surface area contributed by atoms with Gasteiger partial charge in [0.1, 0.15) is 12.2 Å². The summed E-state index contributed by atoms with van der Waals surface area (Å²) in [6.45, 7) is 1.72. The average molecular weight is 415 g/mol. The van der Waals surface area contributed by atoms with Gasteiger partial charge in [0.25, 0.3) is 0 Å². The van der Waals surface area contributed by atoms with Crippen molar-refractivity contribution >= 4 is 28.7 Å². The van der Waals surface area contributed by atoms with Crippen LogP contribution in [0.3, 0.4) is 0 Å². The number of furan rings is 1. The van der Waals surface area contributed by atoms with Crippen molar-refractivity contribution in [2.45, 2.75) is 19.4 Å². The van der Waals surface area contributed by atoms with Crippen LogP contribution in [-0.2, 0) is 16.1 Å². The zero-order chi connectivity index (χ0) is 21.8. The number of fused-ring (bicyclic) bond motifs is 1. The van der Waals surface area contributed by atoms with E-state index in [4.69, 9.17) is 9.15 Å². The van der Waals surface area contributed by atoms with Gasteiger partial charge in [-0.25, -0.2) is 4.79 Å². The summed E-state index contributed by atoms with van der Waals surface area (Å²) in [5.74, 6) is -1.68. The second kappa shape index (κ2) is 8.75. The molecule has 2 N–H and O–H groups in total. The Morgan fingerprint density at radius 2 is 1.84 bits per heavy atom. The number of rotatable bonds is 6. The molecule has 1 atom stereocenters. The summed E-state index contributed by atoms with van der Waals surface area (Å²) in [5.41, 5.74) is 4.18. The fraction of sp³-hybridized carbons (Fsp3) is 0.120. The molecule has 156 valence electrons. The minimum Gasteiger partial charge on any atom is -0.481 e. The lowest BCUT2D eigenvalue weighted by Gasteiger charge is -2.18. The van der Waals surface area contributed by atoms with Crippen LogP contribution in [-0.4, -0.2) is 17.2 Å². The number of hydrogen-bond acceptors (Lipinski definition) is 4. The fourth-order valence-electron chi connectivity index (χ4n) is 3.50. The van der Waals surface area contributed by atoms with Crippen LogP contribution in [0.4, 0.5) is 10.5 Å². The first-order chi connectivity index (χ1) is 15.0. The predicted octanol–water partition coefficient (Wildman–Crippen LogP) is 6.04. The van der Waals surface area contributed by atoms with E-state index in [9.17, 15) is 14.7 Å². The Kier molecular flexibility index (Phi) is 5.71. The molecule has 6 heteroatoms. The van der Waals surface area contributed by atoms with Gasteiger partial charge in [-0.15, -0.1) is 0 Å². The quantitative estimate of drug-likeness (QED) is 0.401. The van der Waals surface area contributed by atoms with Crippen LogP contribution in [0.15, 0.2) is 83.5 Å². The Bertz CT molecular complexity index is 1230. The molecule has 1 amide bonds. The molecular formula is C25H21NO5. The van der Waals surface area contributed by atoms with E-state index in [0.717, 1.165) is 22.1 Å². The number of carboxylic acids is 1. The van der Waals surface area contributed by atoms with Crippen molar-refractivity contribution in [1.29, 1.82) is 0 Å². The van der Waals surface area contributed by atoms with Gasteiger partial charge in [-0.3, -0.25) is 10.1 Å². The van der Waals surface area contributed by atoms with Crippen molar-refractivity contribution in [1.82, 2.24) is 0 Å². The number of amides is 1. The maximum absolute atomic E-state index is 12.5. The lowest BCUT2D eigenvalue weighted by Crippen LogP contribution is -2.16. The van der Waals surface area contributed by atoms with E-state index in [-0.39, 0.29) is 6.61 Å². The first-order valence-electron chi connectivity index (χ1n) is 9.84. The number of hydrogen-bond donors (Lipinski definition) is 2. The predicted molar refractivity (Wildman–Crippen MR) is 118 cm³/mol. The zero-order valence-corrected chi connectivity index (χ0v) is 16.9. The van der Waals surface area contributed by atoms with Crippen LogP contribution in [0, 0.1) is 0 Å². The third kappa shape index (κ3) is 4.43. The van der Waals surface area contributed by atoms with Gasteiger partial charge >= 0.3 is 12.1 Å². The largest absolute Gasteiger partial charge is 0.481 e. The van der Waals surface area contributed by atoms with Gasteiger partial charge in [0.15, 0.2) is 0 Å². The van der Waals surface area contributed by atoms with Gasteiger partial charge in [-0.2, -0.15) is 0 Å². The summed E-state index contributed by atoms with van der Waals surface area (Å²) in [7, 11) is 0. The van der Waals surface area contributed by atoms with Crippen LogP contribution < -0.4 is 5.32 Å². The number of benzene rings is 3. The lowest BCUT2D eigenvalue weighted by atomic mass is 9.90. The number of carbonyl (C=O) groups excluding carboxylic acids is 1. The average Bonchev–Trinajstić information content (AvgIpc) is 3.25. The van der Waals surface area contributed by atoms with Crippen molar-refractivity contribution in [3.8, 4) is 11.1 Å². The molecule has 4 rings (SSSR count). The van der Waals surface area contributed by atoms with E-state index in [0.29, 0.717) is 16.8 Å². The molecule has 4 aromatic rings. The van der Waals surface area contributed by atoms with Gasteiger partial charge in [-0.1, -0.05) is 48.5 Å². The molecule has 0 saturated carbocycles.